The van der Waals surface area contributed by atoms with Gasteiger partial charge in [0, 0.05) is 45.8 Å². The van der Waals surface area contributed by atoms with Crippen molar-refractivity contribution in [1.29, 1.82) is 0 Å². The van der Waals surface area contributed by atoms with Gasteiger partial charge >= 0.3 is 0 Å². The number of hydrogen-bond acceptors (Lipinski definition) is 2. The molecular weight excluding hydrogens is 414 g/mol. The summed E-state index contributed by atoms with van der Waals surface area (Å²) in [6.45, 7) is 2.68. The number of fused-ring (bicyclic) bond motifs is 3. The highest BCUT2D eigenvalue weighted by molar-refractivity contribution is 9.10. The molecule has 4 rings (SSSR count). The number of aliphatic hydroxyl groups is 1. The Morgan fingerprint density at radius 1 is 1.22 bits per heavy atom. The summed E-state index contributed by atoms with van der Waals surface area (Å²) in [6.07, 6.45) is 1.34. The number of hydrogen-bond donors (Lipinski definition) is 2. The van der Waals surface area contributed by atoms with Crippen LogP contribution in [0.5, 0.6) is 0 Å². The molecule has 0 radical (unpaired) electrons. The summed E-state index contributed by atoms with van der Waals surface area (Å²) in [5.74, 6) is -1.14. The van der Waals surface area contributed by atoms with Gasteiger partial charge in [0.05, 0.1) is 6.04 Å². The highest BCUT2D eigenvalue weighted by Crippen LogP contribution is 2.42. The zero-order valence-electron chi connectivity index (χ0n) is 15.0. The Kier molecular flexibility index (Phi) is 5.05. The van der Waals surface area contributed by atoms with Gasteiger partial charge in [-0.15, -0.1) is 0 Å². The minimum absolute atomic E-state index is 0.0425. The van der Waals surface area contributed by atoms with Gasteiger partial charge in [0.15, 0.2) is 0 Å². The average molecular weight is 435 g/mol. The second-order valence-corrected chi connectivity index (χ2v) is 8.03. The van der Waals surface area contributed by atoms with E-state index in [0.717, 1.165) is 28.6 Å². The molecule has 0 saturated heterocycles. The van der Waals surface area contributed by atoms with E-state index in [9.17, 15) is 13.9 Å². The van der Waals surface area contributed by atoms with E-state index in [4.69, 9.17) is 0 Å². The van der Waals surface area contributed by atoms with Crippen LogP contribution in [0.2, 0.25) is 0 Å². The predicted molar refractivity (Wildman–Crippen MR) is 106 cm³/mol. The molecule has 3 aromatic rings. The van der Waals surface area contributed by atoms with E-state index in [1.807, 2.05) is 24.3 Å². The number of aromatic nitrogens is 1. The van der Waals surface area contributed by atoms with Crippen molar-refractivity contribution in [3.05, 3.63) is 69.3 Å². The van der Waals surface area contributed by atoms with Gasteiger partial charge in [0.25, 0.3) is 0 Å². The summed E-state index contributed by atoms with van der Waals surface area (Å²) in [7, 11) is 0. The number of H-pyrrole nitrogens is 1. The fourth-order valence-electron chi connectivity index (χ4n) is 4.23. The molecule has 2 aromatic carbocycles. The minimum atomic E-state index is -0.570. The lowest BCUT2D eigenvalue weighted by Crippen LogP contribution is -2.44. The van der Waals surface area contributed by atoms with Crippen LogP contribution in [0.4, 0.5) is 8.78 Å². The lowest BCUT2D eigenvalue weighted by molar-refractivity contribution is 0.129. The first kappa shape index (κ1) is 18.6. The van der Waals surface area contributed by atoms with Crippen molar-refractivity contribution in [2.75, 3.05) is 13.2 Å². The van der Waals surface area contributed by atoms with Gasteiger partial charge in [-0.2, -0.15) is 0 Å². The quantitative estimate of drug-likeness (QED) is 0.611. The first-order valence-electron chi connectivity index (χ1n) is 9.11. The molecule has 3 nitrogen and oxygen atoms in total. The predicted octanol–water partition coefficient (Wildman–Crippen LogP) is 4.93. The third kappa shape index (κ3) is 3.20. The molecule has 2 unspecified atom stereocenters. The fourth-order valence-corrected chi connectivity index (χ4v) is 4.64. The third-order valence-electron chi connectivity index (χ3n) is 5.41. The number of benzene rings is 2. The van der Waals surface area contributed by atoms with Gasteiger partial charge in [-0.3, -0.25) is 4.90 Å². The van der Waals surface area contributed by atoms with Gasteiger partial charge in [-0.05, 0) is 43.5 Å². The summed E-state index contributed by atoms with van der Waals surface area (Å²) >= 11 is 3.17. The Bertz CT molecular complexity index is 964. The monoisotopic (exact) mass is 434 g/mol. The van der Waals surface area contributed by atoms with Crippen LogP contribution in [0.25, 0.3) is 10.9 Å². The van der Waals surface area contributed by atoms with Crippen LogP contribution in [0.1, 0.15) is 36.2 Å². The molecule has 27 heavy (non-hydrogen) atoms. The van der Waals surface area contributed by atoms with Crippen LogP contribution in [0.15, 0.2) is 40.9 Å². The highest BCUT2D eigenvalue weighted by Gasteiger charge is 2.38. The van der Waals surface area contributed by atoms with E-state index < -0.39 is 17.7 Å². The highest BCUT2D eigenvalue weighted by atomic mass is 79.9. The molecule has 142 valence electrons. The van der Waals surface area contributed by atoms with Crippen LogP contribution in [0, 0.1) is 11.6 Å². The molecule has 2 heterocycles. The second kappa shape index (κ2) is 7.34. The van der Waals surface area contributed by atoms with Crippen LogP contribution in [-0.2, 0) is 6.42 Å². The van der Waals surface area contributed by atoms with Gasteiger partial charge in [0.1, 0.15) is 11.6 Å². The molecule has 1 aliphatic heterocycles. The van der Waals surface area contributed by atoms with Crippen molar-refractivity contribution < 1.29 is 13.9 Å². The zero-order chi connectivity index (χ0) is 19.1. The van der Waals surface area contributed by atoms with Gasteiger partial charge in [-0.25, -0.2) is 8.78 Å². The number of aromatic amines is 1. The summed E-state index contributed by atoms with van der Waals surface area (Å²) in [5, 5.41) is 10.4. The average Bonchev–Trinajstić information content (AvgIpc) is 2.98. The normalized spacial score (nSPS) is 20.2. The Hall–Kier alpha value is -1.76. The van der Waals surface area contributed by atoms with Crippen LogP contribution < -0.4 is 0 Å². The maximum Gasteiger partial charge on any atom is 0.132 e. The minimum Gasteiger partial charge on any atom is -0.396 e. The van der Waals surface area contributed by atoms with E-state index in [2.05, 4.69) is 32.7 Å². The molecule has 6 heteroatoms. The van der Waals surface area contributed by atoms with E-state index in [1.165, 1.54) is 12.1 Å². The molecular formula is C21H21BrF2N2O. The SMILES string of the molecule is CC1Cc2c([nH]c3ccccc23)C(c2c(F)cc(Br)cc2F)N1CCCO. The van der Waals surface area contributed by atoms with Crippen molar-refractivity contribution >= 4 is 26.8 Å². The first-order valence-corrected chi connectivity index (χ1v) is 9.91. The van der Waals surface area contributed by atoms with Gasteiger partial charge < -0.3 is 10.1 Å². The number of halogens is 3. The van der Waals surface area contributed by atoms with Crippen molar-refractivity contribution in [3.8, 4) is 0 Å². The maximum atomic E-state index is 14.9. The number of rotatable bonds is 4. The van der Waals surface area contributed by atoms with E-state index in [1.54, 1.807) is 0 Å². The summed E-state index contributed by atoms with van der Waals surface area (Å²) < 4.78 is 30.2. The molecule has 1 aliphatic rings. The van der Waals surface area contributed by atoms with Crippen molar-refractivity contribution in [2.45, 2.75) is 31.8 Å². The van der Waals surface area contributed by atoms with Crippen molar-refractivity contribution in [1.82, 2.24) is 9.88 Å². The number of nitrogens with one attached hydrogen (secondary N) is 1. The van der Waals surface area contributed by atoms with Gasteiger partial charge in [0.2, 0.25) is 0 Å². The maximum absolute atomic E-state index is 14.9. The Labute approximate surface area is 165 Å². The van der Waals surface area contributed by atoms with Gasteiger partial charge in [-0.1, -0.05) is 34.1 Å². The number of para-hydroxylation sites is 1. The lowest BCUT2D eigenvalue weighted by atomic mass is 9.88. The molecule has 0 spiro atoms. The fraction of sp³-hybridized carbons (Fsp3) is 0.333. The Morgan fingerprint density at radius 2 is 1.93 bits per heavy atom. The zero-order valence-corrected chi connectivity index (χ0v) is 16.6. The summed E-state index contributed by atoms with van der Waals surface area (Å²) in [6, 6.07) is 10.1. The van der Waals surface area contributed by atoms with Crippen molar-refractivity contribution in [3.63, 3.8) is 0 Å². The molecule has 0 fully saturated rings. The molecule has 0 bridgehead atoms. The van der Waals surface area contributed by atoms with E-state index >= 15 is 0 Å². The Balaban J connectivity index is 1.95. The molecule has 0 aliphatic carbocycles. The molecule has 0 amide bonds. The summed E-state index contributed by atoms with van der Waals surface area (Å²) in [5.41, 5.74) is 2.98. The molecule has 2 N–H and O–H groups in total. The molecule has 1 aromatic heterocycles. The Morgan fingerprint density at radius 3 is 2.63 bits per heavy atom. The van der Waals surface area contributed by atoms with Crippen molar-refractivity contribution in [2.24, 2.45) is 0 Å². The van der Waals surface area contributed by atoms with Crippen LogP contribution >= 0.6 is 15.9 Å². The second-order valence-electron chi connectivity index (χ2n) is 7.12. The topological polar surface area (TPSA) is 39.3 Å². The standard InChI is InChI=1S/C21H21BrF2N2O/c1-12-9-15-14-5-2-3-6-18(14)25-20(15)21(26(12)7-4-8-27)19-16(23)10-13(22)11-17(19)24/h2-3,5-6,10-12,21,25,27H,4,7-9H2,1H3. The molecule has 2 atom stereocenters. The lowest BCUT2D eigenvalue weighted by Gasteiger charge is -2.41. The van der Waals surface area contributed by atoms with E-state index in [-0.39, 0.29) is 18.2 Å². The van der Waals surface area contributed by atoms with E-state index in [0.29, 0.717) is 17.4 Å². The smallest absolute Gasteiger partial charge is 0.132 e. The largest absolute Gasteiger partial charge is 0.396 e. The van der Waals surface area contributed by atoms with Crippen LogP contribution in [0.3, 0.4) is 0 Å². The first-order chi connectivity index (χ1) is 13.0. The number of nitrogens with zero attached hydrogens (tertiary/aromatic N) is 1. The summed E-state index contributed by atoms with van der Waals surface area (Å²) in [4.78, 5) is 5.50. The number of aliphatic hydroxyl groups excluding tert-OH is 1. The third-order valence-corrected chi connectivity index (χ3v) is 5.87. The molecule has 0 saturated carbocycles. The van der Waals surface area contributed by atoms with Crippen LogP contribution in [-0.4, -0.2) is 34.2 Å².